The highest BCUT2D eigenvalue weighted by atomic mass is 32.1. The van der Waals surface area contributed by atoms with Crippen molar-refractivity contribution < 1.29 is 76.2 Å². The molecule has 0 atom stereocenters. The number of ether oxygens (including phenoxy) is 9. The van der Waals surface area contributed by atoms with Gasteiger partial charge in [-0.05, 0) is 175 Å². The highest BCUT2D eigenvalue weighted by Crippen LogP contribution is 2.41. The molecule has 79 heavy (non-hydrogen) atoms. The summed E-state index contributed by atoms with van der Waals surface area (Å²) in [7, 11) is 0. The minimum Gasteiger partial charge on any atom is -0.494 e. The molecule has 0 saturated heterocycles. The lowest BCUT2D eigenvalue weighted by Gasteiger charge is -2.27. The predicted octanol–water partition coefficient (Wildman–Crippen LogP) is 11.9. The third kappa shape index (κ3) is 18.9. The first kappa shape index (κ1) is 59.3. The van der Waals surface area contributed by atoms with Crippen molar-refractivity contribution in [3.63, 3.8) is 0 Å². The molecule has 0 unspecified atom stereocenters. The standard InChI is InChI=1S/C60H67NO16S2/c1-3-51(62)71-36-11-7-5-9-34-69-43-21-15-40(16-22-43)57(65)74-45-23-19-42(20-24-45)59(67)77-49-32-31-48(54-55(49)79-56(61-54)50-14-13-39-78-50)60(68)76-46-25-17-41(18-26-46)58(66)75-47-29-27-44(28-30-47)70-35-10-6-8-12-37-72-53(64)33-38-73-52(63)4-2/h3-4,13-16,21-22,27-32,39,41-42,45-46H,1-2,5-12,17-20,23-26,33-38H2. The molecule has 2 aliphatic carbocycles. The Morgan fingerprint density at radius 1 is 0.544 bits per heavy atom. The number of carbonyl (C=O) groups is 7. The molecule has 0 amide bonds. The highest BCUT2D eigenvalue weighted by Gasteiger charge is 2.33. The second-order valence-electron chi connectivity index (χ2n) is 19.1. The molecule has 0 aliphatic heterocycles. The highest BCUT2D eigenvalue weighted by molar-refractivity contribution is 7.25. The van der Waals surface area contributed by atoms with Crippen LogP contribution in [0.5, 0.6) is 23.0 Å². The second-order valence-corrected chi connectivity index (χ2v) is 21.1. The van der Waals surface area contributed by atoms with Gasteiger partial charge in [0, 0.05) is 12.2 Å². The molecule has 0 bridgehead atoms. The summed E-state index contributed by atoms with van der Waals surface area (Å²) >= 11 is 2.84. The molecule has 2 aliphatic rings. The van der Waals surface area contributed by atoms with E-state index in [0.29, 0.717) is 128 Å². The molecule has 5 aromatic rings. The van der Waals surface area contributed by atoms with Gasteiger partial charge in [-0.3, -0.25) is 14.4 Å². The number of hydrogen-bond donors (Lipinski definition) is 0. The number of aromatic nitrogens is 1. The third-order valence-electron chi connectivity index (χ3n) is 13.4. The lowest BCUT2D eigenvalue weighted by atomic mass is 9.87. The normalized spacial score (nSPS) is 16.9. The number of hydrogen-bond acceptors (Lipinski definition) is 19. The van der Waals surface area contributed by atoms with Crippen molar-refractivity contribution in [3.8, 4) is 32.9 Å². The number of thiophene rings is 1. The number of benzene rings is 3. The number of thiazole rings is 1. The third-order valence-corrected chi connectivity index (χ3v) is 15.5. The van der Waals surface area contributed by atoms with Crippen molar-refractivity contribution in [1.82, 2.24) is 4.98 Å². The first-order valence-corrected chi connectivity index (χ1v) is 28.7. The Bertz CT molecular complexity index is 2830. The van der Waals surface area contributed by atoms with Crippen LogP contribution in [0.2, 0.25) is 0 Å². The van der Waals surface area contributed by atoms with Gasteiger partial charge in [-0.25, -0.2) is 24.2 Å². The summed E-state index contributed by atoms with van der Waals surface area (Å²) in [6.07, 6.45) is 12.0. The van der Waals surface area contributed by atoms with Crippen LogP contribution in [0.1, 0.15) is 130 Å². The molecule has 2 heterocycles. The Morgan fingerprint density at radius 2 is 1.06 bits per heavy atom. The van der Waals surface area contributed by atoms with Crippen molar-refractivity contribution in [3.05, 3.63) is 115 Å². The molecule has 2 fully saturated rings. The van der Waals surface area contributed by atoms with Crippen molar-refractivity contribution in [2.45, 2.75) is 121 Å². The molecule has 7 rings (SSSR count). The van der Waals surface area contributed by atoms with E-state index in [1.165, 1.54) is 22.7 Å². The summed E-state index contributed by atoms with van der Waals surface area (Å²) in [5, 5.41) is 2.61. The minimum absolute atomic E-state index is 0.00142. The van der Waals surface area contributed by atoms with E-state index in [1.54, 1.807) is 60.7 Å². The monoisotopic (exact) mass is 1120 g/mol. The Hall–Kier alpha value is -7.38. The van der Waals surface area contributed by atoms with E-state index >= 15 is 0 Å². The Kier molecular flexibility index (Phi) is 23.5. The first-order chi connectivity index (χ1) is 38.5. The van der Waals surface area contributed by atoms with Crippen LogP contribution in [0.25, 0.3) is 20.1 Å². The van der Waals surface area contributed by atoms with Crippen molar-refractivity contribution in [2.24, 2.45) is 11.8 Å². The van der Waals surface area contributed by atoms with Gasteiger partial charge in [-0.2, -0.15) is 0 Å². The minimum atomic E-state index is -0.578. The van der Waals surface area contributed by atoms with Crippen LogP contribution < -0.4 is 18.9 Å². The first-order valence-electron chi connectivity index (χ1n) is 27.0. The molecule has 3 aromatic carbocycles. The molecule has 0 spiro atoms. The topological polar surface area (TPSA) is 215 Å². The maximum Gasteiger partial charge on any atom is 0.340 e. The lowest BCUT2D eigenvalue weighted by Crippen LogP contribution is -2.30. The molecule has 2 saturated carbocycles. The number of fused-ring (bicyclic) bond motifs is 1. The summed E-state index contributed by atoms with van der Waals surface area (Å²) in [5.41, 5.74) is 1.04. The molecule has 0 radical (unpaired) electrons. The van der Waals surface area contributed by atoms with Crippen LogP contribution in [0.4, 0.5) is 0 Å². The Morgan fingerprint density at radius 3 is 1.63 bits per heavy atom. The number of nitrogens with zero attached hydrogens (tertiary/aromatic N) is 1. The van der Waals surface area contributed by atoms with Gasteiger partial charge in [0.15, 0.2) is 0 Å². The van der Waals surface area contributed by atoms with Crippen LogP contribution in [-0.4, -0.2) is 92.0 Å². The van der Waals surface area contributed by atoms with Gasteiger partial charge < -0.3 is 42.6 Å². The van der Waals surface area contributed by atoms with Crippen LogP contribution in [0.3, 0.4) is 0 Å². The van der Waals surface area contributed by atoms with Crippen LogP contribution in [-0.2, 0) is 47.7 Å². The number of rotatable bonds is 30. The fraction of sp³-hybridized carbons (Fsp3) is 0.433. The molecule has 0 N–H and O–H groups in total. The summed E-state index contributed by atoms with van der Waals surface area (Å²) in [6.45, 7) is 8.34. The summed E-state index contributed by atoms with van der Waals surface area (Å²) in [4.78, 5) is 93.4. The summed E-state index contributed by atoms with van der Waals surface area (Å²) in [5.74, 6) is -1.93. The van der Waals surface area contributed by atoms with Gasteiger partial charge >= 0.3 is 41.8 Å². The maximum atomic E-state index is 13.9. The molecule has 2 aromatic heterocycles. The average Bonchev–Trinajstić information content (AvgIpc) is 4.36. The molecule has 420 valence electrons. The smallest absolute Gasteiger partial charge is 0.340 e. The fourth-order valence-electron chi connectivity index (χ4n) is 8.96. The Balaban J connectivity index is 0.807. The van der Waals surface area contributed by atoms with E-state index < -0.39 is 47.8 Å². The zero-order valence-electron chi connectivity index (χ0n) is 44.2. The van der Waals surface area contributed by atoms with Gasteiger partial charge in [0.1, 0.15) is 52.3 Å². The number of esters is 7. The van der Waals surface area contributed by atoms with Gasteiger partial charge in [-0.15, -0.1) is 22.7 Å². The van der Waals surface area contributed by atoms with E-state index in [0.717, 1.165) is 62.0 Å². The van der Waals surface area contributed by atoms with Crippen molar-refractivity contribution in [1.29, 1.82) is 0 Å². The van der Waals surface area contributed by atoms with Gasteiger partial charge in [0.25, 0.3) is 0 Å². The second kappa shape index (κ2) is 31.3. The lowest BCUT2D eigenvalue weighted by molar-refractivity contribution is -0.147. The summed E-state index contributed by atoms with van der Waals surface area (Å²) in [6, 6.07) is 20.8. The van der Waals surface area contributed by atoms with Gasteiger partial charge in [0.2, 0.25) is 0 Å². The predicted molar refractivity (Wildman–Crippen MR) is 295 cm³/mol. The largest absolute Gasteiger partial charge is 0.494 e. The Labute approximate surface area is 467 Å². The number of carbonyl (C=O) groups excluding carboxylic acids is 7. The molecular weight excluding hydrogens is 1050 g/mol. The van der Waals surface area contributed by atoms with Gasteiger partial charge in [-0.1, -0.05) is 19.2 Å². The van der Waals surface area contributed by atoms with Crippen molar-refractivity contribution >= 4 is 74.7 Å². The SMILES string of the molecule is C=CC(=O)OCCCCCCOc1ccc(C(=O)OC2CCC(C(=O)Oc3ccc(C(=O)OC4CCC(C(=O)Oc5ccc(OCCCCCCOC(=O)CCOC(=O)C=C)cc5)CC4)c4nc(-c5cccs5)sc34)CC2)cc1. The maximum absolute atomic E-state index is 13.9. The number of unbranched alkanes of at least 4 members (excludes halogenated alkanes) is 6. The van der Waals surface area contributed by atoms with E-state index in [2.05, 4.69) is 13.2 Å². The van der Waals surface area contributed by atoms with Crippen LogP contribution in [0.15, 0.2) is 103 Å². The fourth-order valence-corrected chi connectivity index (χ4v) is 10.8. The van der Waals surface area contributed by atoms with E-state index in [9.17, 15) is 33.6 Å². The molecule has 17 nitrogen and oxygen atoms in total. The average molecular weight is 1120 g/mol. The van der Waals surface area contributed by atoms with E-state index in [4.69, 9.17) is 47.6 Å². The van der Waals surface area contributed by atoms with Crippen LogP contribution >= 0.6 is 22.7 Å². The van der Waals surface area contributed by atoms with Crippen molar-refractivity contribution in [2.75, 3.05) is 33.0 Å². The summed E-state index contributed by atoms with van der Waals surface area (Å²) < 4.78 is 50.8. The van der Waals surface area contributed by atoms with Gasteiger partial charge in [0.05, 0.1) is 65.4 Å². The zero-order chi connectivity index (χ0) is 55.8. The van der Waals surface area contributed by atoms with E-state index in [-0.39, 0.29) is 36.6 Å². The quantitative estimate of drug-likeness (QED) is 0.0137. The van der Waals surface area contributed by atoms with E-state index in [1.807, 2.05) is 17.5 Å². The molecular formula is C60H67NO16S2. The zero-order valence-corrected chi connectivity index (χ0v) is 45.9. The molecule has 19 heteroatoms. The van der Waals surface area contributed by atoms with Crippen LogP contribution in [0, 0.1) is 11.8 Å².